The van der Waals surface area contributed by atoms with Crippen molar-refractivity contribution >= 4 is 16.8 Å². The van der Waals surface area contributed by atoms with Crippen molar-refractivity contribution in [2.24, 2.45) is 5.73 Å². The van der Waals surface area contributed by atoms with Crippen molar-refractivity contribution < 1.29 is 9.18 Å². The lowest BCUT2D eigenvalue weighted by Crippen LogP contribution is -2.50. The topological polar surface area (TPSA) is 83.0 Å². The third-order valence-corrected chi connectivity index (χ3v) is 7.59. The molecule has 3 heterocycles. The number of fused-ring (bicyclic) bond motifs is 3. The van der Waals surface area contributed by atoms with Crippen LogP contribution in [0.25, 0.3) is 33.2 Å². The van der Waals surface area contributed by atoms with Crippen LogP contribution in [0.15, 0.2) is 72.9 Å². The van der Waals surface area contributed by atoms with Crippen molar-refractivity contribution in [2.45, 2.75) is 43.8 Å². The Kier molecular flexibility index (Phi) is 5.50. The molecule has 6 heteroatoms. The monoisotopic (exact) mass is 476 g/mol. The van der Waals surface area contributed by atoms with Gasteiger partial charge in [-0.05, 0) is 90.4 Å². The summed E-state index contributed by atoms with van der Waals surface area (Å²) in [5, 5.41) is 10.2. The molecule has 1 aromatic heterocycles. The Bertz CT molecular complexity index is 1530. The molecule has 0 unspecified atom stereocenters. The molecule has 2 fully saturated rings. The summed E-state index contributed by atoms with van der Waals surface area (Å²) in [6, 6.07) is 22.5. The van der Waals surface area contributed by atoms with E-state index < -0.39 is 5.82 Å². The molecular formula is C30H25FN4O. The summed E-state index contributed by atoms with van der Waals surface area (Å²) >= 11 is 0. The zero-order chi connectivity index (χ0) is 24.8. The van der Waals surface area contributed by atoms with Gasteiger partial charge in [-0.2, -0.15) is 5.26 Å². The number of hydrogen-bond donors (Lipinski definition) is 1. The molecule has 3 atom stereocenters. The first-order chi connectivity index (χ1) is 17.5. The van der Waals surface area contributed by atoms with Gasteiger partial charge in [0.2, 0.25) is 0 Å². The third-order valence-electron chi connectivity index (χ3n) is 7.59. The zero-order valence-electron chi connectivity index (χ0n) is 19.7. The van der Waals surface area contributed by atoms with Crippen LogP contribution in [0.1, 0.15) is 41.6 Å². The van der Waals surface area contributed by atoms with Crippen LogP contribution in [0, 0.1) is 17.1 Å². The number of nitrogens with zero attached hydrogens (tertiary/aromatic N) is 3. The minimum absolute atomic E-state index is 0.000900. The molecule has 0 spiro atoms. The summed E-state index contributed by atoms with van der Waals surface area (Å²) in [7, 11) is 0. The Balaban J connectivity index is 1.47. The number of nitrogens with two attached hydrogens (primary N) is 1. The lowest BCUT2D eigenvalue weighted by Gasteiger charge is -2.38. The maximum absolute atomic E-state index is 14.7. The summed E-state index contributed by atoms with van der Waals surface area (Å²) in [5.74, 6) is -0.581. The van der Waals surface area contributed by atoms with Crippen LogP contribution >= 0.6 is 0 Å². The molecule has 2 saturated heterocycles. The number of nitriles is 1. The average molecular weight is 477 g/mol. The van der Waals surface area contributed by atoms with Crippen molar-refractivity contribution in [1.29, 1.82) is 5.26 Å². The van der Waals surface area contributed by atoms with Crippen molar-refractivity contribution in [3.63, 3.8) is 0 Å². The van der Waals surface area contributed by atoms with Crippen LogP contribution in [0.3, 0.4) is 0 Å². The molecule has 178 valence electrons. The van der Waals surface area contributed by atoms with Gasteiger partial charge >= 0.3 is 0 Å². The number of piperidine rings is 1. The lowest BCUT2D eigenvalue weighted by molar-refractivity contribution is 0.0575. The van der Waals surface area contributed by atoms with Crippen LogP contribution in [0.2, 0.25) is 0 Å². The minimum atomic E-state index is -0.580. The first-order valence-corrected chi connectivity index (χ1v) is 12.3. The molecule has 4 aromatic rings. The highest BCUT2D eigenvalue weighted by Crippen LogP contribution is 2.39. The number of hydrogen-bond acceptors (Lipinski definition) is 4. The standard InChI is InChI=1S/C30H25FN4O/c31-28-14-19(3-4-22(28)17-32)27-13-21(30(36)35-24-7-8-25(35)16-23(33)15-24)5-9-26(27)18-6-10-29-20(12-18)2-1-11-34-29/h1-6,9-14,23-25H,7-8,15-16,33H2/t23-,24+,25-. The maximum Gasteiger partial charge on any atom is 0.254 e. The quantitative estimate of drug-likeness (QED) is 0.413. The van der Waals surface area contributed by atoms with Gasteiger partial charge in [0.1, 0.15) is 11.9 Å². The number of amides is 1. The zero-order valence-corrected chi connectivity index (χ0v) is 19.7. The Hall–Kier alpha value is -4.08. The van der Waals surface area contributed by atoms with E-state index in [9.17, 15) is 14.4 Å². The van der Waals surface area contributed by atoms with Gasteiger partial charge in [-0.25, -0.2) is 4.39 Å². The van der Waals surface area contributed by atoms with Gasteiger partial charge in [0.25, 0.3) is 5.91 Å². The largest absolute Gasteiger partial charge is 0.333 e. The van der Waals surface area contributed by atoms with Crippen molar-refractivity contribution in [3.8, 4) is 28.3 Å². The van der Waals surface area contributed by atoms with Crippen molar-refractivity contribution in [2.75, 3.05) is 0 Å². The minimum Gasteiger partial charge on any atom is -0.333 e. The number of carbonyl (C=O) groups is 1. The number of rotatable bonds is 3. The fraction of sp³-hybridized carbons (Fsp3) is 0.233. The van der Waals surface area contributed by atoms with E-state index in [-0.39, 0.29) is 29.6 Å². The first-order valence-electron chi connectivity index (χ1n) is 12.3. The highest BCUT2D eigenvalue weighted by molar-refractivity contribution is 5.99. The molecule has 1 amide bonds. The predicted octanol–water partition coefficient (Wildman–Crippen LogP) is 5.67. The molecular weight excluding hydrogens is 451 g/mol. The average Bonchev–Trinajstić information content (AvgIpc) is 3.18. The number of carbonyl (C=O) groups excluding carboxylic acids is 1. The van der Waals surface area contributed by atoms with E-state index in [4.69, 9.17) is 5.73 Å². The fourth-order valence-electron chi connectivity index (χ4n) is 5.88. The second-order valence-corrected chi connectivity index (χ2v) is 9.81. The Morgan fingerprint density at radius 2 is 1.72 bits per heavy atom. The molecule has 2 aliphatic rings. The van der Waals surface area contributed by atoms with Gasteiger partial charge in [-0.3, -0.25) is 9.78 Å². The maximum atomic E-state index is 14.7. The van der Waals surface area contributed by atoms with E-state index in [2.05, 4.69) is 11.1 Å². The molecule has 36 heavy (non-hydrogen) atoms. The summed E-state index contributed by atoms with van der Waals surface area (Å²) in [6.07, 6.45) is 5.40. The molecule has 5 nitrogen and oxygen atoms in total. The Morgan fingerprint density at radius 1 is 0.972 bits per heavy atom. The molecule has 2 N–H and O–H groups in total. The van der Waals surface area contributed by atoms with Gasteiger partial charge in [-0.15, -0.1) is 0 Å². The summed E-state index contributed by atoms with van der Waals surface area (Å²) in [4.78, 5) is 20.1. The van der Waals surface area contributed by atoms with Gasteiger partial charge in [0.15, 0.2) is 0 Å². The van der Waals surface area contributed by atoms with E-state index in [1.54, 1.807) is 12.3 Å². The lowest BCUT2D eigenvalue weighted by atomic mass is 9.90. The Morgan fingerprint density at radius 3 is 2.47 bits per heavy atom. The van der Waals surface area contributed by atoms with E-state index in [0.717, 1.165) is 53.3 Å². The molecule has 0 saturated carbocycles. The van der Waals surface area contributed by atoms with Gasteiger partial charge in [0.05, 0.1) is 11.1 Å². The van der Waals surface area contributed by atoms with E-state index >= 15 is 0 Å². The van der Waals surface area contributed by atoms with Crippen LogP contribution in [0.5, 0.6) is 0 Å². The Labute approximate surface area is 209 Å². The van der Waals surface area contributed by atoms with Crippen molar-refractivity contribution in [3.05, 3.63) is 89.9 Å². The highest BCUT2D eigenvalue weighted by Gasteiger charge is 2.42. The highest BCUT2D eigenvalue weighted by atomic mass is 19.1. The van der Waals surface area contributed by atoms with E-state index in [1.807, 2.05) is 53.4 Å². The SMILES string of the molecule is N#Cc1ccc(-c2cc(C(=O)N3[C@@H]4CC[C@H]3C[C@@H](N)C4)ccc2-c2ccc3ncccc3c2)cc1F. The van der Waals surface area contributed by atoms with Gasteiger partial charge < -0.3 is 10.6 Å². The molecule has 6 rings (SSSR count). The van der Waals surface area contributed by atoms with Crippen LogP contribution in [0.4, 0.5) is 4.39 Å². The van der Waals surface area contributed by atoms with Gasteiger partial charge in [-0.1, -0.05) is 24.3 Å². The fourth-order valence-corrected chi connectivity index (χ4v) is 5.88. The number of benzene rings is 3. The molecule has 0 aliphatic carbocycles. The normalized spacial score (nSPS) is 20.9. The van der Waals surface area contributed by atoms with Crippen LogP contribution < -0.4 is 5.73 Å². The first kappa shape index (κ1) is 22.4. The van der Waals surface area contributed by atoms with Gasteiger partial charge in [0, 0.05) is 35.3 Å². The smallest absolute Gasteiger partial charge is 0.254 e. The van der Waals surface area contributed by atoms with E-state index in [0.29, 0.717) is 11.1 Å². The van der Waals surface area contributed by atoms with Crippen LogP contribution in [-0.4, -0.2) is 33.9 Å². The molecule has 0 radical (unpaired) electrons. The number of pyridine rings is 1. The molecule has 2 bridgehead atoms. The number of aromatic nitrogens is 1. The summed E-state index contributed by atoms with van der Waals surface area (Å²) < 4.78 is 14.7. The third kappa shape index (κ3) is 3.82. The van der Waals surface area contributed by atoms with Crippen LogP contribution in [-0.2, 0) is 0 Å². The molecule has 2 aliphatic heterocycles. The second-order valence-electron chi connectivity index (χ2n) is 9.81. The predicted molar refractivity (Wildman–Crippen MR) is 137 cm³/mol. The second kappa shape index (κ2) is 8.85. The number of halogens is 1. The summed E-state index contributed by atoms with van der Waals surface area (Å²) in [5.41, 5.74) is 10.9. The van der Waals surface area contributed by atoms with E-state index in [1.165, 1.54) is 12.1 Å². The summed E-state index contributed by atoms with van der Waals surface area (Å²) in [6.45, 7) is 0. The molecule has 3 aromatic carbocycles. The van der Waals surface area contributed by atoms with Crippen molar-refractivity contribution in [1.82, 2.24) is 9.88 Å².